The van der Waals surface area contributed by atoms with Gasteiger partial charge in [0.05, 0.1) is 12.5 Å². The van der Waals surface area contributed by atoms with Crippen molar-refractivity contribution in [2.75, 3.05) is 12.3 Å². The number of nitrogens with zero attached hydrogens (tertiary/aromatic N) is 1. The Bertz CT molecular complexity index is 363. The molecule has 1 fully saturated rings. The minimum absolute atomic E-state index is 0.0888. The van der Waals surface area contributed by atoms with Crippen molar-refractivity contribution < 1.29 is 9.59 Å². The van der Waals surface area contributed by atoms with E-state index < -0.39 is 0 Å². The minimum atomic E-state index is -0.239. The van der Waals surface area contributed by atoms with Crippen LogP contribution in [0.1, 0.15) is 39.5 Å². The summed E-state index contributed by atoms with van der Waals surface area (Å²) in [6, 6.07) is -0.239. The summed E-state index contributed by atoms with van der Waals surface area (Å²) in [5.74, 6) is 1.12. The van der Waals surface area contributed by atoms with Gasteiger partial charge in [0, 0.05) is 12.3 Å². The number of likely N-dealkylation sites (tertiary alicyclic amines) is 1. The van der Waals surface area contributed by atoms with Gasteiger partial charge >= 0.3 is 0 Å². The van der Waals surface area contributed by atoms with Crippen LogP contribution in [0.25, 0.3) is 0 Å². The molecule has 0 N–H and O–H groups in total. The van der Waals surface area contributed by atoms with E-state index in [2.05, 4.69) is 11.5 Å². The summed E-state index contributed by atoms with van der Waals surface area (Å²) in [4.78, 5) is 24.7. The van der Waals surface area contributed by atoms with Crippen molar-refractivity contribution in [3.05, 3.63) is 23.1 Å². The number of carbonyl (C=O) groups is 2. The lowest BCUT2D eigenvalue weighted by molar-refractivity contribution is -0.132. The average Bonchev–Trinajstić information content (AvgIpc) is 2.77. The molecule has 0 aliphatic carbocycles. The molecule has 4 heteroatoms. The van der Waals surface area contributed by atoms with E-state index in [1.807, 2.05) is 19.9 Å². The molecule has 1 amide bonds. The number of hydrogen-bond acceptors (Lipinski definition) is 3. The van der Waals surface area contributed by atoms with E-state index in [1.165, 1.54) is 0 Å². The largest absolute Gasteiger partial charge is 0.329 e. The second-order valence-electron chi connectivity index (χ2n) is 4.70. The summed E-state index contributed by atoms with van der Waals surface area (Å²) < 4.78 is 0. The molecule has 0 radical (unpaired) electrons. The van der Waals surface area contributed by atoms with Crippen LogP contribution >= 0.6 is 11.8 Å². The normalized spacial score (nSPS) is 19.6. The minimum Gasteiger partial charge on any atom is -0.329 e. The lowest BCUT2D eigenvalue weighted by Gasteiger charge is -2.22. The molecule has 0 aromatic carbocycles. The second-order valence-corrected chi connectivity index (χ2v) is 5.67. The molecule has 1 heterocycles. The van der Waals surface area contributed by atoms with E-state index in [9.17, 15) is 9.59 Å². The van der Waals surface area contributed by atoms with Crippen LogP contribution in [0.3, 0.4) is 0 Å². The van der Waals surface area contributed by atoms with Crippen LogP contribution < -0.4 is 0 Å². The smallest absolute Gasteiger partial charge is 0.227 e. The molecule has 0 bridgehead atoms. The Morgan fingerprint density at radius 1 is 1.47 bits per heavy atom. The molecule has 19 heavy (non-hydrogen) atoms. The summed E-state index contributed by atoms with van der Waals surface area (Å²) >= 11 is 1.75. The van der Waals surface area contributed by atoms with E-state index in [0.29, 0.717) is 13.0 Å². The zero-order valence-electron chi connectivity index (χ0n) is 11.8. The zero-order chi connectivity index (χ0) is 14.1. The van der Waals surface area contributed by atoms with Crippen molar-refractivity contribution >= 4 is 24.0 Å². The molecule has 106 valence electrons. The Balaban J connectivity index is 2.46. The number of rotatable bonds is 8. The maximum atomic E-state index is 11.9. The third-order valence-electron chi connectivity index (χ3n) is 3.10. The van der Waals surface area contributed by atoms with Gasteiger partial charge < -0.3 is 9.69 Å². The second kappa shape index (κ2) is 8.97. The Morgan fingerprint density at radius 2 is 2.26 bits per heavy atom. The molecule has 1 atom stereocenters. The quantitative estimate of drug-likeness (QED) is 0.389. The highest BCUT2D eigenvalue weighted by Gasteiger charge is 2.29. The van der Waals surface area contributed by atoms with Crippen LogP contribution in [0.2, 0.25) is 0 Å². The van der Waals surface area contributed by atoms with E-state index in [4.69, 9.17) is 0 Å². The molecule has 1 unspecified atom stereocenters. The Labute approximate surface area is 120 Å². The molecule has 0 aromatic rings. The van der Waals surface area contributed by atoms with Crippen LogP contribution in [0.5, 0.6) is 0 Å². The Morgan fingerprint density at radius 3 is 2.89 bits per heavy atom. The first kappa shape index (κ1) is 16.0. The Hall–Kier alpha value is -1.03. The maximum Gasteiger partial charge on any atom is 0.227 e. The van der Waals surface area contributed by atoms with Crippen molar-refractivity contribution in [1.29, 1.82) is 0 Å². The molecule has 0 saturated carbocycles. The monoisotopic (exact) mass is 281 g/mol. The lowest BCUT2D eigenvalue weighted by Crippen LogP contribution is -2.37. The summed E-state index contributed by atoms with van der Waals surface area (Å²) in [7, 11) is 0. The van der Waals surface area contributed by atoms with Gasteiger partial charge in [0.1, 0.15) is 6.29 Å². The number of allylic oxidation sites excluding steroid dienone is 2. The van der Waals surface area contributed by atoms with Crippen LogP contribution in [-0.2, 0) is 9.59 Å². The summed E-state index contributed by atoms with van der Waals surface area (Å²) in [5.41, 5.74) is 1.14. The van der Waals surface area contributed by atoms with Gasteiger partial charge in [-0.05, 0) is 30.7 Å². The van der Waals surface area contributed by atoms with Crippen molar-refractivity contribution in [2.45, 2.75) is 45.6 Å². The fourth-order valence-corrected chi connectivity index (χ4v) is 2.90. The van der Waals surface area contributed by atoms with E-state index in [1.54, 1.807) is 16.7 Å². The number of carbonyl (C=O) groups excluding carboxylic acids is 2. The third kappa shape index (κ3) is 5.23. The van der Waals surface area contributed by atoms with Gasteiger partial charge in [-0.2, -0.15) is 0 Å². The van der Waals surface area contributed by atoms with Gasteiger partial charge in [-0.15, -0.1) is 11.8 Å². The SMILES string of the molecule is C/C=C/CCS/C=C1/CC(=O)N(C(C=O)CCC)C1. The number of aldehydes is 1. The topological polar surface area (TPSA) is 37.4 Å². The first-order valence-corrected chi connectivity index (χ1v) is 7.93. The molecule has 0 aromatic heterocycles. The van der Waals surface area contributed by atoms with Gasteiger partial charge in [-0.25, -0.2) is 0 Å². The standard InChI is InChI=1S/C15H23NO2S/c1-3-5-6-8-19-12-13-9-15(18)16(10-13)14(11-17)7-4-2/h3,5,11-12,14H,4,6-10H2,1-2H3/b5-3+,13-12-. The van der Waals surface area contributed by atoms with Crippen LogP contribution in [-0.4, -0.2) is 35.4 Å². The van der Waals surface area contributed by atoms with Crippen LogP contribution in [0.4, 0.5) is 0 Å². The highest BCUT2D eigenvalue weighted by Crippen LogP contribution is 2.23. The highest BCUT2D eigenvalue weighted by molar-refractivity contribution is 8.02. The van der Waals surface area contributed by atoms with Gasteiger partial charge in [0.15, 0.2) is 0 Å². The van der Waals surface area contributed by atoms with E-state index in [-0.39, 0.29) is 11.9 Å². The first-order valence-electron chi connectivity index (χ1n) is 6.88. The predicted octanol–water partition coefficient (Wildman–Crippen LogP) is 3.17. The molecule has 0 spiro atoms. The summed E-state index contributed by atoms with van der Waals surface area (Å²) in [6.45, 7) is 4.67. The maximum absolute atomic E-state index is 11.9. The lowest BCUT2D eigenvalue weighted by atomic mass is 10.1. The molecule has 1 aliphatic heterocycles. The molecule has 1 rings (SSSR count). The highest BCUT2D eigenvalue weighted by atomic mass is 32.2. The van der Waals surface area contributed by atoms with Crippen molar-refractivity contribution in [2.24, 2.45) is 0 Å². The van der Waals surface area contributed by atoms with Crippen molar-refractivity contribution in [3.8, 4) is 0 Å². The van der Waals surface area contributed by atoms with Crippen molar-refractivity contribution in [3.63, 3.8) is 0 Å². The molecule has 3 nitrogen and oxygen atoms in total. The van der Waals surface area contributed by atoms with Gasteiger partial charge in [0.25, 0.3) is 0 Å². The Kier molecular flexibility index (Phi) is 7.56. The zero-order valence-corrected chi connectivity index (χ0v) is 12.6. The van der Waals surface area contributed by atoms with E-state index in [0.717, 1.165) is 36.9 Å². The summed E-state index contributed by atoms with van der Waals surface area (Å²) in [5, 5.41) is 2.09. The van der Waals surface area contributed by atoms with Gasteiger partial charge in [-0.3, -0.25) is 4.79 Å². The van der Waals surface area contributed by atoms with Crippen molar-refractivity contribution in [1.82, 2.24) is 4.90 Å². The summed E-state index contributed by atoms with van der Waals surface area (Å²) in [6.07, 6.45) is 8.31. The predicted molar refractivity (Wildman–Crippen MR) is 81.1 cm³/mol. The van der Waals surface area contributed by atoms with Crippen LogP contribution in [0.15, 0.2) is 23.1 Å². The fourth-order valence-electron chi connectivity index (χ4n) is 2.11. The van der Waals surface area contributed by atoms with Crippen LogP contribution in [0, 0.1) is 0 Å². The number of amides is 1. The molecule has 1 aliphatic rings. The average molecular weight is 281 g/mol. The fraction of sp³-hybridized carbons (Fsp3) is 0.600. The third-order valence-corrected chi connectivity index (χ3v) is 4.07. The number of hydrogen-bond donors (Lipinski definition) is 0. The van der Waals surface area contributed by atoms with Gasteiger partial charge in [0.2, 0.25) is 5.91 Å². The molecular weight excluding hydrogens is 258 g/mol. The van der Waals surface area contributed by atoms with Gasteiger partial charge in [-0.1, -0.05) is 25.5 Å². The van der Waals surface area contributed by atoms with E-state index >= 15 is 0 Å². The first-order chi connectivity index (χ1) is 9.22. The number of thioether (sulfide) groups is 1. The molecular formula is C15H23NO2S. The molecule has 1 saturated heterocycles.